The molecule has 4 aliphatic carbocycles. The molecular formula is C27H44O4S. The summed E-state index contributed by atoms with van der Waals surface area (Å²) in [5.41, 5.74) is 1.97. The molecule has 0 bridgehead atoms. The van der Waals surface area contributed by atoms with E-state index in [4.69, 9.17) is 8.74 Å². The molecule has 0 amide bonds. The van der Waals surface area contributed by atoms with Crippen LogP contribution in [0.25, 0.3) is 0 Å². The maximum absolute atomic E-state index is 11.2. The number of hydrogen-bond donors (Lipinski definition) is 1. The third-order valence-corrected chi connectivity index (χ3v) is 10.6. The van der Waals surface area contributed by atoms with Crippen LogP contribution in [0.4, 0.5) is 0 Å². The molecule has 3 fully saturated rings. The first-order valence-corrected chi connectivity index (χ1v) is 14.3. The number of hydrogen-bond acceptors (Lipinski definition) is 3. The van der Waals surface area contributed by atoms with Gasteiger partial charge in [0.2, 0.25) is 0 Å². The van der Waals surface area contributed by atoms with Crippen molar-refractivity contribution in [2.24, 2.45) is 46.3 Å². The molecule has 8 atom stereocenters. The molecule has 182 valence electrons. The van der Waals surface area contributed by atoms with Crippen LogP contribution >= 0.6 is 0 Å². The van der Waals surface area contributed by atoms with Gasteiger partial charge in [-0.05, 0) is 104 Å². The summed E-state index contributed by atoms with van der Waals surface area (Å²) in [5, 5.41) is 0. The number of rotatable bonds is 6. The fourth-order valence-corrected chi connectivity index (χ4v) is 8.99. The van der Waals surface area contributed by atoms with E-state index in [1.807, 2.05) is 0 Å². The highest BCUT2D eigenvalue weighted by Gasteiger charge is 2.59. The molecule has 0 heterocycles. The van der Waals surface area contributed by atoms with Crippen molar-refractivity contribution in [1.82, 2.24) is 0 Å². The highest BCUT2D eigenvalue weighted by atomic mass is 32.3. The van der Waals surface area contributed by atoms with Gasteiger partial charge in [0.05, 0.1) is 6.10 Å². The van der Waals surface area contributed by atoms with Crippen LogP contribution in [0.3, 0.4) is 0 Å². The molecule has 0 aliphatic heterocycles. The van der Waals surface area contributed by atoms with Gasteiger partial charge in [0.25, 0.3) is 0 Å². The van der Waals surface area contributed by atoms with Crippen LogP contribution in [0.5, 0.6) is 0 Å². The van der Waals surface area contributed by atoms with Crippen molar-refractivity contribution < 1.29 is 17.2 Å². The van der Waals surface area contributed by atoms with Crippen molar-refractivity contribution in [2.75, 3.05) is 0 Å². The minimum Gasteiger partial charge on any atom is -0.264 e. The molecule has 4 rings (SSSR count). The monoisotopic (exact) mass is 464 g/mol. The Labute approximate surface area is 196 Å². The van der Waals surface area contributed by atoms with Crippen LogP contribution in [-0.2, 0) is 14.6 Å². The van der Waals surface area contributed by atoms with Crippen LogP contribution in [0.2, 0.25) is 0 Å². The summed E-state index contributed by atoms with van der Waals surface area (Å²) in [6.07, 6.45) is 16.9. The average molecular weight is 465 g/mol. The van der Waals surface area contributed by atoms with Crippen molar-refractivity contribution >= 4 is 10.4 Å². The van der Waals surface area contributed by atoms with Gasteiger partial charge in [-0.25, -0.2) is 4.18 Å². The molecule has 0 radical (unpaired) electrons. The fraction of sp³-hybridized carbons (Fsp3) is 0.852. The number of fused-ring (bicyclic) bond motifs is 5. The van der Waals surface area contributed by atoms with Crippen molar-refractivity contribution in [3.8, 4) is 0 Å². The number of allylic oxidation sites excluding steroid dienone is 3. The van der Waals surface area contributed by atoms with Gasteiger partial charge in [-0.1, -0.05) is 58.4 Å². The van der Waals surface area contributed by atoms with E-state index in [0.29, 0.717) is 30.1 Å². The van der Waals surface area contributed by atoms with Gasteiger partial charge in [-0.2, -0.15) is 8.42 Å². The normalized spacial score (nSPS) is 43.0. The van der Waals surface area contributed by atoms with Crippen LogP contribution in [0.1, 0.15) is 92.4 Å². The van der Waals surface area contributed by atoms with Crippen molar-refractivity contribution in [2.45, 2.75) is 98.5 Å². The molecule has 32 heavy (non-hydrogen) atoms. The lowest BCUT2D eigenvalue weighted by Gasteiger charge is -2.58. The zero-order valence-electron chi connectivity index (χ0n) is 20.7. The summed E-state index contributed by atoms with van der Waals surface area (Å²) < 4.78 is 36.5. The smallest absolute Gasteiger partial charge is 0.264 e. The van der Waals surface area contributed by atoms with Crippen LogP contribution in [0, 0.1) is 46.3 Å². The lowest BCUT2D eigenvalue weighted by Crippen LogP contribution is -2.51. The predicted octanol–water partition coefficient (Wildman–Crippen LogP) is 6.99. The zero-order valence-corrected chi connectivity index (χ0v) is 21.5. The standard InChI is InChI=1S/C27H44O4S/c1-18(2)7-6-8-19(3)23-11-12-24-22-10-9-20-17-21(31-32(28,29)30)13-15-26(20,4)25(22)14-16-27(23,24)5/h6,8-9,18-19,21-25H,7,10-17H2,1-5H3,(H,28,29,30). The van der Waals surface area contributed by atoms with Gasteiger partial charge < -0.3 is 0 Å². The second-order valence-corrected chi connectivity index (χ2v) is 13.3. The molecule has 0 aromatic heterocycles. The maximum Gasteiger partial charge on any atom is 0.397 e. The Kier molecular flexibility index (Phi) is 6.77. The third-order valence-electron chi connectivity index (χ3n) is 10.1. The highest BCUT2D eigenvalue weighted by Crippen LogP contribution is 2.67. The molecule has 0 aromatic carbocycles. The fourth-order valence-electron chi connectivity index (χ4n) is 8.49. The largest absolute Gasteiger partial charge is 0.397 e. The molecule has 8 unspecified atom stereocenters. The van der Waals surface area contributed by atoms with E-state index in [-0.39, 0.29) is 5.41 Å². The van der Waals surface area contributed by atoms with E-state index in [2.05, 4.69) is 52.8 Å². The quantitative estimate of drug-likeness (QED) is 0.340. The summed E-state index contributed by atoms with van der Waals surface area (Å²) in [7, 11) is -4.38. The lowest BCUT2D eigenvalue weighted by atomic mass is 9.47. The van der Waals surface area contributed by atoms with Gasteiger partial charge in [-0.15, -0.1) is 0 Å². The first-order valence-electron chi connectivity index (χ1n) is 13.0. The lowest BCUT2D eigenvalue weighted by molar-refractivity contribution is -0.0527. The Morgan fingerprint density at radius 1 is 1.12 bits per heavy atom. The first kappa shape index (κ1) is 24.5. The van der Waals surface area contributed by atoms with E-state index in [1.165, 1.54) is 37.7 Å². The van der Waals surface area contributed by atoms with E-state index in [0.717, 1.165) is 36.5 Å². The van der Waals surface area contributed by atoms with Crippen molar-refractivity contribution in [3.63, 3.8) is 0 Å². The van der Waals surface area contributed by atoms with Crippen LogP contribution in [-0.4, -0.2) is 19.1 Å². The van der Waals surface area contributed by atoms with E-state index in [9.17, 15) is 8.42 Å². The first-order chi connectivity index (χ1) is 14.9. The third kappa shape index (κ3) is 4.51. The Morgan fingerprint density at radius 2 is 1.88 bits per heavy atom. The van der Waals surface area contributed by atoms with Gasteiger partial charge in [0.15, 0.2) is 0 Å². The van der Waals surface area contributed by atoms with Gasteiger partial charge in [-0.3, -0.25) is 4.55 Å². The molecular weight excluding hydrogens is 420 g/mol. The summed E-state index contributed by atoms with van der Waals surface area (Å²) in [4.78, 5) is 0. The zero-order chi connectivity index (χ0) is 23.3. The SMILES string of the molecule is CC(C)CC=CC(C)C1CCC2C3CC=C4CC(OS(=O)(=O)O)CCC4(C)C3CCC12C. The summed E-state index contributed by atoms with van der Waals surface area (Å²) in [6, 6.07) is 0. The van der Waals surface area contributed by atoms with Crippen molar-refractivity contribution in [1.29, 1.82) is 0 Å². The highest BCUT2D eigenvalue weighted by molar-refractivity contribution is 7.80. The second kappa shape index (κ2) is 8.85. The molecule has 0 saturated heterocycles. The minimum atomic E-state index is -4.38. The van der Waals surface area contributed by atoms with E-state index < -0.39 is 16.5 Å². The molecule has 4 aliphatic rings. The molecule has 1 N–H and O–H groups in total. The summed E-state index contributed by atoms with van der Waals surface area (Å²) in [6.45, 7) is 12.0. The van der Waals surface area contributed by atoms with Crippen LogP contribution in [0.15, 0.2) is 23.8 Å². The van der Waals surface area contributed by atoms with Gasteiger partial charge in [0.1, 0.15) is 0 Å². The van der Waals surface area contributed by atoms with E-state index in [1.54, 1.807) is 0 Å². The van der Waals surface area contributed by atoms with Crippen LogP contribution < -0.4 is 0 Å². The minimum absolute atomic E-state index is 0.157. The van der Waals surface area contributed by atoms with Crippen molar-refractivity contribution in [3.05, 3.63) is 23.8 Å². The Balaban J connectivity index is 1.50. The Hall–Kier alpha value is -0.650. The predicted molar refractivity (Wildman–Crippen MR) is 129 cm³/mol. The second-order valence-electron chi connectivity index (χ2n) is 12.3. The van der Waals surface area contributed by atoms with Gasteiger partial charge >= 0.3 is 10.4 Å². The van der Waals surface area contributed by atoms with Gasteiger partial charge in [0, 0.05) is 0 Å². The molecule has 0 aromatic rings. The molecule has 5 heteroatoms. The maximum atomic E-state index is 11.2. The molecule has 4 nitrogen and oxygen atoms in total. The molecule has 0 spiro atoms. The Morgan fingerprint density at radius 3 is 2.56 bits per heavy atom. The topological polar surface area (TPSA) is 63.6 Å². The summed E-state index contributed by atoms with van der Waals surface area (Å²) in [5.74, 6) is 4.40. The Bertz CT molecular complexity index is 859. The average Bonchev–Trinajstić information content (AvgIpc) is 3.04. The summed E-state index contributed by atoms with van der Waals surface area (Å²) >= 11 is 0. The molecule has 3 saturated carbocycles. The van der Waals surface area contributed by atoms with E-state index >= 15 is 0 Å².